The summed E-state index contributed by atoms with van der Waals surface area (Å²) in [5.41, 5.74) is 4.65. The number of aliphatic imine (C=N–C) groups is 1. The van der Waals surface area contributed by atoms with Crippen LogP contribution >= 0.6 is 0 Å². The van der Waals surface area contributed by atoms with Crippen molar-refractivity contribution in [3.8, 4) is 0 Å². The lowest BCUT2D eigenvalue weighted by atomic mass is 9.78. The van der Waals surface area contributed by atoms with E-state index in [1.54, 1.807) is 0 Å². The number of nitrogens with zero attached hydrogens (tertiary/aromatic N) is 1. The van der Waals surface area contributed by atoms with E-state index in [0.29, 0.717) is 0 Å². The van der Waals surface area contributed by atoms with Gasteiger partial charge in [0.25, 0.3) is 0 Å². The lowest BCUT2D eigenvalue weighted by Gasteiger charge is -2.34. The summed E-state index contributed by atoms with van der Waals surface area (Å²) >= 11 is 0. The molecule has 0 aromatic heterocycles. The zero-order valence-corrected chi connectivity index (χ0v) is 9.09. The zero-order chi connectivity index (χ0) is 10.3. The van der Waals surface area contributed by atoms with E-state index in [1.807, 2.05) is 6.34 Å². The molecule has 1 heterocycles. The number of hydrogen-bond donors (Lipinski definition) is 1. The van der Waals surface area contributed by atoms with E-state index in [-0.39, 0.29) is 5.54 Å². The summed E-state index contributed by atoms with van der Waals surface area (Å²) in [5.74, 6) is 0. The molecule has 2 heteroatoms. The van der Waals surface area contributed by atoms with Crippen molar-refractivity contribution in [1.29, 1.82) is 0 Å². The number of benzene rings is 1. The Labute approximate surface area is 90.4 Å². The summed E-state index contributed by atoms with van der Waals surface area (Å²) in [5, 5.41) is 3.44. The van der Waals surface area contributed by atoms with Crippen molar-refractivity contribution in [2.75, 3.05) is 6.54 Å². The molecule has 2 nitrogen and oxygen atoms in total. The summed E-state index contributed by atoms with van der Waals surface area (Å²) in [7, 11) is 0. The largest absolute Gasteiger partial charge is 0.369 e. The molecule has 1 spiro atoms. The second-order valence-electron chi connectivity index (χ2n) is 4.84. The average molecular weight is 200 g/mol. The van der Waals surface area contributed by atoms with Gasteiger partial charge >= 0.3 is 0 Å². The molecule has 0 fully saturated rings. The normalized spacial score (nSPS) is 27.8. The van der Waals surface area contributed by atoms with Crippen molar-refractivity contribution in [3.05, 3.63) is 34.9 Å². The van der Waals surface area contributed by atoms with Gasteiger partial charge in [-0.05, 0) is 37.3 Å². The lowest BCUT2D eigenvalue weighted by Crippen LogP contribution is -2.47. The molecule has 1 aromatic rings. The van der Waals surface area contributed by atoms with Gasteiger partial charge in [-0.3, -0.25) is 4.99 Å². The van der Waals surface area contributed by atoms with Gasteiger partial charge < -0.3 is 5.32 Å². The van der Waals surface area contributed by atoms with Gasteiger partial charge in [0, 0.05) is 0 Å². The molecule has 1 aromatic carbocycles. The van der Waals surface area contributed by atoms with Crippen LogP contribution in [-0.2, 0) is 12.8 Å². The van der Waals surface area contributed by atoms with Gasteiger partial charge in [-0.15, -0.1) is 0 Å². The van der Waals surface area contributed by atoms with Crippen molar-refractivity contribution in [3.63, 3.8) is 0 Å². The molecule has 0 radical (unpaired) electrons. The van der Waals surface area contributed by atoms with Gasteiger partial charge in [-0.1, -0.05) is 23.8 Å². The summed E-state index contributed by atoms with van der Waals surface area (Å²) in [6.07, 6.45) is 5.40. The highest BCUT2D eigenvalue weighted by molar-refractivity contribution is 5.59. The van der Waals surface area contributed by atoms with E-state index in [1.165, 1.54) is 29.5 Å². The maximum Gasteiger partial charge on any atom is 0.0829 e. The van der Waals surface area contributed by atoms with Crippen LogP contribution in [0.25, 0.3) is 0 Å². The molecule has 1 aliphatic carbocycles. The maximum atomic E-state index is 4.31. The first-order valence-corrected chi connectivity index (χ1v) is 5.62. The van der Waals surface area contributed by atoms with Crippen LogP contribution in [0.2, 0.25) is 0 Å². The highest BCUT2D eigenvalue weighted by Gasteiger charge is 2.35. The molecule has 0 bridgehead atoms. The average Bonchev–Trinajstić information content (AvgIpc) is 2.67. The summed E-state index contributed by atoms with van der Waals surface area (Å²) in [6, 6.07) is 6.83. The minimum atomic E-state index is 0.238. The smallest absolute Gasteiger partial charge is 0.0829 e. The van der Waals surface area contributed by atoms with E-state index < -0.39 is 0 Å². The van der Waals surface area contributed by atoms with Crippen molar-refractivity contribution >= 4 is 6.34 Å². The van der Waals surface area contributed by atoms with E-state index in [4.69, 9.17) is 0 Å². The van der Waals surface area contributed by atoms with Crippen LogP contribution in [0.5, 0.6) is 0 Å². The maximum absolute atomic E-state index is 4.31. The fourth-order valence-corrected chi connectivity index (χ4v) is 2.69. The number of aryl methyl sites for hydroxylation is 2. The minimum absolute atomic E-state index is 0.238. The monoisotopic (exact) mass is 200 g/mol. The van der Waals surface area contributed by atoms with E-state index >= 15 is 0 Å². The highest BCUT2D eigenvalue weighted by Crippen LogP contribution is 2.30. The SMILES string of the molecule is Cc1ccc2c(c1)CC[C@@]1(CN=CN1)C2. The Kier molecular flexibility index (Phi) is 1.84. The van der Waals surface area contributed by atoms with Gasteiger partial charge in [0.2, 0.25) is 0 Å². The molecule has 0 unspecified atom stereocenters. The minimum Gasteiger partial charge on any atom is -0.369 e. The molecule has 15 heavy (non-hydrogen) atoms. The Morgan fingerprint density at radius 3 is 3.07 bits per heavy atom. The summed E-state index contributed by atoms with van der Waals surface area (Å²) in [6.45, 7) is 3.11. The first-order chi connectivity index (χ1) is 7.27. The van der Waals surface area contributed by atoms with Crippen LogP contribution in [0.3, 0.4) is 0 Å². The third-order valence-corrected chi connectivity index (χ3v) is 3.62. The first kappa shape index (κ1) is 8.96. The van der Waals surface area contributed by atoms with Gasteiger partial charge in [-0.25, -0.2) is 0 Å². The Bertz CT molecular complexity index is 413. The molecule has 1 aliphatic heterocycles. The number of nitrogens with one attached hydrogen (secondary N) is 1. The fraction of sp³-hybridized carbons (Fsp3) is 0.462. The number of rotatable bonds is 0. The second-order valence-corrected chi connectivity index (χ2v) is 4.84. The van der Waals surface area contributed by atoms with E-state index in [2.05, 4.69) is 35.4 Å². The van der Waals surface area contributed by atoms with E-state index in [0.717, 1.165) is 13.0 Å². The summed E-state index contributed by atoms with van der Waals surface area (Å²) in [4.78, 5) is 4.31. The molecular weight excluding hydrogens is 184 g/mol. The topological polar surface area (TPSA) is 24.4 Å². The van der Waals surface area contributed by atoms with Crippen molar-refractivity contribution in [1.82, 2.24) is 5.32 Å². The van der Waals surface area contributed by atoms with Gasteiger partial charge in [0.15, 0.2) is 0 Å². The zero-order valence-electron chi connectivity index (χ0n) is 9.09. The third kappa shape index (κ3) is 1.44. The second kappa shape index (κ2) is 3.09. The molecule has 0 saturated heterocycles. The Morgan fingerprint density at radius 1 is 1.33 bits per heavy atom. The van der Waals surface area contributed by atoms with Gasteiger partial charge in [0.1, 0.15) is 0 Å². The van der Waals surface area contributed by atoms with Crippen molar-refractivity contribution in [2.45, 2.75) is 31.7 Å². The Morgan fingerprint density at radius 2 is 2.27 bits per heavy atom. The first-order valence-electron chi connectivity index (χ1n) is 5.62. The molecule has 0 saturated carbocycles. The third-order valence-electron chi connectivity index (χ3n) is 3.62. The molecule has 3 rings (SSSR count). The highest BCUT2D eigenvalue weighted by atomic mass is 15.1. The fourth-order valence-electron chi connectivity index (χ4n) is 2.69. The molecule has 1 N–H and O–H groups in total. The van der Waals surface area contributed by atoms with E-state index in [9.17, 15) is 0 Å². The lowest BCUT2D eigenvalue weighted by molar-refractivity contribution is 0.363. The van der Waals surface area contributed by atoms with Crippen LogP contribution in [0.1, 0.15) is 23.1 Å². The van der Waals surface area contributed by atoms with Crippen molar-refractivity contribution < 1.29 is 0 Å². The molecular formula is C13H16N2. The van der Waals surface area contributed by atoms with Crippen LogP contribution < -0.4 is 5.32 Å². The quantitative estimate of drug-likeness (QED) is 0.679. The predicted octanol–water partition coefficient (Wildman–Crippen LogP) is 1.85. The standard InChI is InChI=1S/C13H16N2/c1-10-2-3-12-7-13(8-14-9-15-13)5-4-11(12)6-10/h2-3,6,9H,4-5,7-8H2,1H3,(H,14,15)/t13-/m0/s1. The Hall–Kier alpha value is -1.31. The predicted molar refractivity (Wildman–Crippen MR) is 62.4 cm³/mol. The number of hydrogen-bond acceptors (Lipinski definition) is 2. The van der Waals surface area contributed by atoms with Crippen LogP contribution in [0.4, 0.5) is 0 Å². The van der Waals surface area contributed by atoms with Crippen LogP contribution in [0, 0.1) is 6.92 Å². The van der Waals surface area contributed by atoms with Gasteiger partial charge in [-0.2, -0.15) is 0 Å². The molecule has 1 atom stereocenters. The van der Waals surface area contributed by atoms with Crippen LogP contribution in [0.15, 0.2) is 23.2 Å². The molecule has 78 valence electrons. The number of fused-ring (bicyclic) bond motifs is 1. The van der Waals surface area contributed by atoms with Crippen LogP contribution in [-0.4, -0.2) is 18.4 Å². The summed E-state index contributed by atoms with van der Waals surface area (Å²) < 4.78 is 0. The Balaban J connectivity index is 1.93. The van der Waals surface area contributed by atoms with Gasteiger partial charge in [0.05, 0.1) is 18.4 Å². The van der Waals surface area contributed by atoms with Crippen molar-refractivity contribution in [2.24, 2.45) is 4.99 Å². The molecule has 2 aliphatic rings. The molecule has 0 amide bonds.